The van der Waals surface area contributed by atoms with Crippen molar-refractivity contribution in [1.82, 2.24) is 15.3 Å². The van der Waals surface area contributed by atoms with E-state index in [1.54, 1.807) is 31.2 Å². The van der Waals surface area contributed by atoms with Crippen LogP contribution in [0, 0.1) is 5.82 Å². The minimum Gasteiger partial charge on any atom is -0.481 e. The zero-order chi connectivity index (χ0) is 24.5. The van der Waals surface area contributed by atoms with Crippen molar-refractivity contribution in [2.75, 3.05) is 22.5 Å². The Morgan fingerprint density at radius 3 is 2.44 bits per heavy atom. The Balaban J connectivity index is 1.82. The number of anilines is 4. The molecule has 11 heteroatoms. The monoisotopic (exact) mass is 466 g/mol. The molecule has 0 bridgehead atoms. The van der Waals surface area contributed by atoms with Gasteiger partial charge in [-0.15, -0.1) is 0 Å². The van der Waals surface area contributed by atoms with E-state index in [1.807, 2.05) is 0 Å². The van der Waals surface area contributed by atoms with Gasteiger partial charge in [0, 0.05) is 37.0 Å². The lowest BCUT2D eigenvalue weighted by molar-refractivity contribution is -0.136. The van der Waals surface area contributed by atoms with Crippen LogP contribution in [0.2, 0.25) is 0 Å². The summed E-state index contributed by atoms with van der Waals surface area (Å²) < 4.78 is 13.6. The van der Waals surface area contributed by atoms with Crippen LogP contribution in [0.4, 0.5) is 32.1 Å². The number of halogens is 1. The van der Waals surface area contributed by atoms with Crippen LogP contribution in [0.5, 0.6) is 0 Å². The molecule has 0 aliphatic rings. The van der Waals surface area contributed by atoms with Gasteiger partial charge in [0.25, 0.3) is 5.91 Å². The first-order valence-electron chi connectivity index (χ1n) is 10.4. The lowest BCUT2D eigenvalue weighted by Gasteiger charge is -2.14. The summed E-state index contributed by atoms with van der Waals surface area (Å²) in [6.07, 6.45) is 4.11. The molecule has 1 aromatic carbocycles. The number of amides is 3. The number of nitrogens with zero attached hydrogens (tertiary/aromatic N) is 2. The Kier molecular flexibility index (Phi) is 8.06. The number of carbonyl (C=O) groups is 3. The molecule has 3 amide bonds. The Hall–Kier alpha value is -4.54. The van der Waals surface area contributed by atoms with E-state index in [4.69, 9.17) is 5.11 Å². The molecule has 0 atom stereocenters. The third kappa shape index (κ3) is 6.99. The first-order valence-corrected chi connectivity index (χ1v) is 10.4. The molecule has 176 valence electrons. The van der Waals surface area contributed by atoms with E-state index in [0.29, 0.717) is 24.3 Å². The largest absolute Gasteiger partial charge is 0.481 e. The summed E-state index contributed by atoms with van der Waals surface area (Å²) in [6, 6.07) is 8.98. The molecule has 34 heavy (non-hydrogen) atoms. The molecule has 5 N–H and O–H groups in total. The van der Waals surface area contributed by atoms with Gasteiger partial charge in [-0.1, -0.05) is 12.1 Å². The van der Waals surface area contributed by atoms with Gasteiger partial charge < -0.3 is 21.1 Å². The highest BCUT2D eigenvalue weighted by Crippen LogP contribution is 2.24. The van der Waals surface area contributed by atoms with E-state index >= 15 is 0 Å². The number of nitrogens with one attached hydrogen (secondary N) is 4. The molecule has 0 aliphatic heterocycles. The molecule has 2 aromatic heterocycles. The molecule has 3 rings (SSSR count). The topological polar surface area (TPSA) is 145 Å². The maximum absolute atomic E-state index is 13.6. The number of urea groups is 1. The van der Waals surface area contributed by atoms with Gasteiger partial charge in [-0.25, -0.2) is 14.2 Å². The van der Waals surface area contributed by atoms with Crippen molar-refractivity contribution in [2.45, 2.75) is 19.8 Å². The lowest BCUT2D eigenvalue weighted by atomic mass is 10.1. The average molecular weight is 466 g/mol. The highest BCUT2D eigenvalue weighted by atomic mass is 19.1. The normalized spacial score (nSPS) is 10.3. The molecule has 2 heterocycles. The Morgan fingerprint density at radius 2 is 1.76 bits per heavy atom. The number of rotatable bonds is 9. The number of hydrogen-bond donors (Lipinski definition) is 5. The van der Waals surface area contributed by atoms with Crippen LogP contribution in [0.1, 0.15) is 29.3 Å². The highest BCUT2D eigenvalue weighted by molar-refractivity contribution is 6.08. The van der Waals surface area contributed by atoms with Gasteiger partial charge in [-0.05, 0) is 31.0 Å². The predicted molar refractivity (Wildman–Crippen MR) is 125 cm³/mol. The minimum absolute atomic E-state index is 0.0119. The highest BCUT2D eigenvalue weighted by Gasteiger charge is 2.15. The number of carbonyl (C=O) groups excluding carboxylic acids is 2. The summed E-state index contributed by atoms with van der Waals surface area (Å²) >= 11 is 0. The zero-order valence-corrected chi connectivity index (χ0v) is 18.3. The van der Waals surface area contributed by atoms with Crippen LogP contribution in [-0.2, 0) is 11.2 Å². The number of benzene rings is 1. The molecule has 0 aliphatic carbocycles. The van der Waals surface area contributed by atoms with E-state index < -0.39 is 23.7 Å². The van der Waals surface area contributed by atoms with Gasteiger partial charge in [-0.3, -0.25) is 19.9 Å². The van der Waals surface area contributed by atoms with Crippen LogP contribution in [0.15, 0.2) is 55.0 Å². The van der Waals surface area contributed by atoms with Crippen molar-refractivity contribution in [1.29, 1.82) is 0 Å². The molecule has 0 fully saturated rings. The molecule has 0 saturated heterocycles. The van der Waals surface area contributed by atoms with Crippen LogP contribution < -0.4 is 21.3 Å². The van der Waals surface area contributed by atoms with Crippen molar-refractivity contribution in [3.63, 3.8) is 0 Å². The molecule has 0 unspecified atom stereocenters. The van der Waals surface area contributed by atoms with Crippen molar-refractivity contribution in [3.8, 4) is 0 Å². The number of hydrogen-bond acceptors (Lipinski definition) is 6. The zero-order valence-electron chi connectivity index (χ0n) is 18.3. The van der Waals surface area contributed by atoms with Crippen molar-refractivity contribution in [3.05, 3.63) is 71.9 Å². The first kappa shape index (κ1) is 24.1. The van der Waals surface area contributed by atoms with Crippen molar-refractivity contribution in [2.24, 2.45) is 0 Å². The number of aromatic nitrogens is 2. The Labute approximate surface area is 194 Å². The lowest BCUT2D eigenvalue weighted by Crippen LogP contribution is -2.28. The summed E-state index contributed by atoms with van der Waals surface area (Å²) in [4.78, 5) is 43.4. The SMILES string of the molecule is CCNC(=O)Nc1cc(Nc2cncc(F)c2)c(C(=O)Nc2ccc(CCC(=O)O)cc2)cn1. The summed E-state index contributed by atoms with van der Waals surface area (Å²) in [5.41, 5.74) is 2.02. The van der Waals surface area contributed by atoms with Gasteiger partial charge in [0.2, 0.25) is 0 Å². The van der Waals surface area contributed by atoms with Crippen LogP contribution >= 0.6 is 0 Å². The number of carboxylic acid groups (broad SMARTS) is 1. The third-order valence-corrected chi connectivity index (χ3v) is 4.55. The average Bonchev–Trinajstić information content (AvgIpc) is 2.79. The number of carboxylic acids is 1. The van der Waals surface area contributed by atoms with E-state index in [9.17, 15) is 18.8 Å². The second kappa shape index (κ2) is 11.4. The van der Waals surface area contributed by atoms with Crippen LogP contribution in [-0.4, -0.2) is 39.5 Å². The second-order valence-electron chi connectivity index (χ2n) is 7.16. The summed E-state index contributed by atoms with van der Waals surface area (Å²) in [5.74, 6) is -1.77. The number of aryl methyl sites for hydroxylation is 1. The van der Waals surface area contributed by atoms with E-state index in [1.165, 1.54) is 24.5 Å². The van der Waals surface area contributed by atoms with Crippen LogP contribution in [0.3, 0.4) is 0 Å². The smallest absolute Gasteiger partial charge is 0.320 e. The van der Waals surface area contributed by atoms with Gasteiger partial charge >= 0.3 is 12.0 Å². The Bertz CT molecular complexity index is 1190. The minimum atomic E-state index is -0.886. The molecule has 10 nitrogen and oxygen atoms in total. The van der Waals surface area contributed by atoms with Gasteiger partial charge in [0.1, 0.15) is 11.6 Å². The maximum Gasteiger partial charge on any atom is 0.320 e. The molecule has 3 aromatic rings. The molecule has 0 saturated carbocycles. The van der Waals surface area contributed by atoms with E-state index in [2.05, 4.69) is 31.2 Å². The Morgan fingerprint density at radius 1 is 1.00 bits per heavy atom. The van der Waals surface area contributed by atoms with Crippen molar-refractivity contribution >= 4 is 40.8 Å². The predicted octanol–water partition coefficient (Wildman–Crippen LogP) is 3.77. The second-order valence-corrected chi connectivity index (χ2v) is 7.16. The number of aliphatic carboxylic acids is 1. The first-order chi connectivity index (χ1) is 16.3. The fourth-order valence-electron chi connectivity index (χ4n) is 2.97. The summed E-state index contributed by atoms with van der Waals surface area (Å²) in [7, 11) is 0. The fraction of sp³-hybridized carbons (Fsp3) is 0.174. The summed E-state index contributed by atoms with van der Waals surface area (Å²) in [6.45, 7) is 2.19. The van der Waals surface area contributed by atoms with E-state index in [0.717, 1.165) is 11.8 Å². The van der Waals surface area contributed by atoms with Gasteiger partial charge in [0.15, 0.2) is 0 Å². The quantitative estimate of drug-likeness (QED) is 0.323. The van der Waals surface area contributed by atoms with Gasteiger partial charge in [0.05, 0.1) is 29.3 Å². The molecular weight excluding hydrogens is 443 g/mol. The fourth-order valence-corrected chi connectivity index (χ4v) is 2.97. The molecule has 0 radical (unpaired) electrons. The van der Waals surface area contributed by atoms with E-state index in [-0.39, 0.29) is 23.5 Å². The van der Waals surface area contributed by atoms with Gasteiger partial charge in [-0.2, -0.15) is 0 Å². The molecular formula is C23H23FN6O4. The molecule has 0 spiro atoms. The standard InChI is InChI=1S/C23H23FN6O4/c1-2-26-23(34)30-20-10-19(28-17-9-15(24)11-25-12-17)18(13-27-20)22(33)29-16-6-3-14(4-7-16)5-8-21(31)32/h3-4,6-7,9-13H,2,5,8H2,1H3,(H,29,33)(H,31,32)(H3,26,27,28,30,34). The third-order valence-electron chi connectivity index (χ3n) is 4.55. The summed E-state index contributed by atoms with van der Waals surface area (Å²) in [5, 5.41) is 19.6. The van der Waals surface area contributed by atoms with Crippen molar-refractivity contribution < 1.29 is 23.9 Å². The number of pyridine rings is 2. The maximum atomic E-state index is 13.6. The van der Waals surface area contributed by atoms with Crippen LogP contribution in [0.25, 0.3) is 0 Å².